The smallest absolute Gasteiger partial charge is 0.125 e. The summed E-state index contributed by atoms with van der Waals surface area (Å²) in [5, 5.41) is 4.53. The molecule has 2 rings (SSSR count). The Morgan fingerprint density at radius 3 is 2.86 bits per heavy atom. The van der Waals surface area contributed by atoms with E-state index >= 15 is 0 Å². The number of ether oxygens (including phenoxy) is 1. The van der Waals surface area contributed by atoms with Gasteiger partial charge in [0.25, 0.3) is 0 Å². The van der Waals surface area contributed by atoms with Gasteiger partial charge in [0.2, 0.25) is 0 Å². The van der Waals surface area contributed by atoms with Crippen molar-refractivity contribution in [2.24, 2.45) is 0 Å². The predicted molar refractivity (Wildman–Crippen MR) is 90.6 cm³/mol. The van der Waals surface area contributed by atoms with Crippen molar-refractivity contribution in [1.29, 1.82) is 0 Å². The van der Waals surface area contributed by atoms with Gasteiger partial charge in [0.15, 0.2) is 0 Å². The summed E-state index contributed by atoms with van der Waals surface area (Å²) in [5.74, 6) is 1.10. The Morgan fingerprint density at radius 1 is 1.24 bits per heavy atom. The lowest BCUT2D eigenvalue weighted by molar-refractivity contribution is 0.350. The lowest BCUT2D eigenvalue weighted by Gasteiger charge is -2.20. The third-order valence-corrected chi connectivity index (χ3v) is 4.35. The van der Waals surface area contributed by atoms with Gasteiger partial charge < -0.3 is 10.1 Å². The standard InChI is InChI=1S/C18H28ClNO/c1-3-5-6-7-17(20-9-4-2)13-15-12-16(19)11-14-8-10-21-18(14)15/h11-12,17,20H,3-10,13H2,1-2H3. The van der Waals surface area contributed by atoms with Crippen LogP contribution in [0.3, 0.4) is 0 Å². The van der Waals surface area contributed by atoms with Crippen molar-refractivity contribution in [1.82, 2.24) is 5.32 Å². The summed E-state index contributed by atoms with van der Waals surface area (Å²) in [6, 6.07) is 4.67. The summed E-state index contributed by atoms with van der Waals surface area (Å²) in [7, 11) is 0. The van der Waals surface area contributed by atoms with Gasteiger partial charge in [-0.05, 0) is 49.1 Å². The number of benzene rings is 1. The molecule has 1 aliphatic rings. The molecule has 0 aliphatic carbocycles. The topological polar surface area (TPSA) is 21.3 Å². The number of fused-ring (bicyclic) bond motifs is 1. The molecule has 0 fully saturated rings. The summed E-state index contributed by atoms with van der Waals surface area (Å²) in [4.78, 5) is 0. The second kappa shape index (κ2) is 8.65. The van der Waals surface area contributed by atoms with Crippen LogP contribution in [0.4, 0.5) is 0 Å². The van der Waals surface area contributed by atoms with Crippen LogP contribution in [0.1, 0.15) is 57.1 Å². The van der Waals surface area contributed by atoms with Crippen LogP contribution in [0, 0.1) is 0 Å². The van der Waals surface area contributed by atoms with Crippen molar-refractivity contribution in [3.05, 3.63) is 28.3 Å². The van der Waals surface area contributed by atoms with E-state index in [9.17, 15) is 0 Å². The largest absolute Gasteiger partial charge is 0.493 e. The highest BCUT2D eigenvalue weighted by molar-refractivity contribution is 6.30. The Morgan fingerprint density at radius 2 is 2.10 bits per heavy atom. The first-order chi connectivity index (χ1) is 10.2. The Balaban J connectivity index is 2.04. The maximum atomic E-state index is 6.27. The number of hydrogen-bond donors (Lipinski definition) is 1. The van der Waals surface area contributed by atoms with E-state index in [1.54, 1.807) is 0 Å². The molecule has 1 aromatic carbocycles. The van der Waals surface area contributed by atoms with Crippen LogP contribution in [0.2, 0.25) is 5.02 Å². The summed E-state index contributed by atoms with van der Waals surface area (Å²) >= 11 is 6.27. The quantitative estimate of drug-likeness (QED) is 0.664. The van der Waals surface area contributed by atoms with Crippen molar-refractivity contribution >= 4 is 11.6 Å². The van der Waals surface area contributed by atoms with Crippen molar-refractivity contribution in [2.45, 2.75) is 64.8 Å². The van der Waals surface area contributed by atoms with Crippen molar-refractivity contribution in [3.8, 4) is 5.75 Å². The Labute approximate surface area is 134 Å². The SMILES string of the molecule is CCCCCC(Cc1cc(Cl)cc2c1OCC2)NCCC. The molecule has 0 aromatic heterocycles. The Kier molecular flexibility index (Phi) is 6.85. The van der Waals surface area contributed by atoms with Gasteiger partial charge in [0.1, 0.15) is 5.75 Å². The highest BCUT2D eigenvalue weighted by atomic mass is 35.5. The summed E-state index contributed by atoms with van der Waals surface area (Å²) in [5.41, 5.74) is 2.56. The van der Waals surface area contributed by atoms with Crippen LogP contribution in [0.15, 0.2) is 12.1 Å². The molecule has 1 aliphatic heterocycles. The average molecular weight is 310 g/mol. The van der Waals surface area contributed by atoms with E-state index in [4.69, 9.17) is 16.3 Å². The molecule has 3 heteroatoms. The van der Waals surface area contributed by atoms with Gasteiger partial charge in [0.05, 0.1) is 6.61 Å². The Bertz CT molecular complexity index is 447. The second-order valence-electron chi connectivity index (χ2n) is 6.00. The molecule has 0 amide bonds. The van der Waals surface area contributed by atoms with Crippen LogP contribution in [0.5, 0.6) is 5.75 Å². The number of nitrogens with one attached hydrogen (secondary N) is 1. The molecule has 1 atom stereocenters. The third kappa shape index (κ3) is 4.89. The molecular weight excluding hydrogens is 282 g/mol. The van der Waals surface area contributed by atoms with Crippen LogP contribution in [-0.2, 0) is 12.8 Å². The van der Waals surface area contributed by atoms with Gasteiger partial charge in [0, 0.05) is 17.5 Å². The molecule has 1 N–H and O–H groups in total. The third-order valence-electron chi connectivity index (χ3n) is 4.13. The lowest BCUT2D eigenvalue weighted by Crippen LogP contribution is -2.32. The molecule has 0 bridgehead atoms. The zero-order chi connectivity index (χ0) is 15.1. The monoisotopic (exact) mass is 309 g/mol. The Hall–Kier alpha value is -0.730. The van der Waals surface area contributed by atoms with Gasteiger partial charge >= 0.3 is 0 Å². The van der Waals surface area contributed by atoms with Gasteiger partial charge in [-0.15, -0.1) is 0 Å². The molecule has 0 saturated carbocycles. The van der Waals surface area contributed by atoms with E-state index in [1.807, 2.05) is 0 Å². The van der Waals surface area contributed by atoms with E-state index in [0.717, 1.165) is 36.8 Å². The van der Waals surface area contributed by atoms with Gasteiger partial charge in [-0.25, -0.2) is 0 Å². The van der Waals surface area contributed by atoms with Crippen LogP contribution >= 0.6 is 11.6 Å². The number of halogens is 1. The molecule has 0 spiro atoms. The summed E-state index contributed by atoms with van der Waals surface area (Å²) in [6.45, 7) is 6.36. The molecular formula is C18H28ClNO. The molecule has 1 unspecified atom stereocenters. The second-order valence-corrected chi connectivity index (χ2v) is 6.44. The predicted octanol–water partition coefficient (Wildman–Crippen LogP) is 4.77. The molecule has 21 heavy (non-hydrogen) atoms. The molecule has 118 valence electrons. The number of hydrogen-bond acceptors (Lipinski definition) is 2. The fourth-order valence-electron chi connectivity index (χ4n) is 3.03. The fourth-order valence-corrected chi connectivity index (χ4v) is 3.29. The summed E-state index contributed by atoms with van der Waals surface area (Å²) in [6.07, 6.45) is 8.30. The number of rotatable bonds is 9. The van der Waals surface area contributed by atoms with Gasteiger partial charge in [-0.1, -0.05) is 44.7 Å². The van der Waals surface area contributed by atoms with Crippen LogP contribution < -0.4 is 10.1 Å². The van der Waals surface area contributed by atoms with Gasteiger partial charge in [-0.3, -0.25) is 0 Å². The summed E-state index contributed by atoms with van der Waals surface area (Å²) < 4.78 is 5.83. The molecule has 1 aromatic rings. The maximum absolute atomic E-state index is 6.27. The first-order valence-corrected chi connectivity index (χ1v) is 8.79. The zero-order valence-electron chi connectivity index (χ0n) is 13.4. The van der Waals surface area contributed by atoms with E-state index in [-0.39, 0.29) is 0 Å². The van der Waals surface area contributed by atoms with Crippen molar-refractivity contribution in [3.63, 3.8) is 0 Å². The highest BCUT2D eigenvalue weighted by Gasteiger charge is 2.20. The van der Waals surface area contributed by atoms with Crippen molar-refractivity contribution in [2.75, 3.05) is 13.2 Å². The van der Waals surface area contributed by atoms with E-state index < -0.39 is 0 Å². The minimum atomic E-state index is 0.531. The first-order valence-electron chi connectivity index (χ1n) is 8.42. The number of unbranched alkanes of at least 4 members (excludes halogenated alkanes) is 2. The molecule has 2 nitrogen and oxygen atoms in total. The van der Waals surface area contributed by atoms with Crippen molar-refractivity contribution < 1.29 is 4.74 Å². The van der Waals surface area contributed by atoms with Crippen LogP contribution in [0.25, 0.3) is 0 Å². The maximum Gasteiger partial charge on any atom is 0.125 e. The minimum Gasteiger partial charge on any atom is -0.493 e. The van der Waals surface area contributed by atoms with Crippen LogP contribution in [-0.4, -0.2) is 19.2 Å². The van der Waals surface area contributed by atoms with E-state index in [1.165, 1.54) is 43.2 Å². The molecule has 1 heterocycles. The zero-order valence-corrected chi connectivity index (χ0v) is 14.1. The average Bonchev–Trinajstić information content (AvgIpc) is 2.93. The van der Waals surface area contributed by atoms with E-state index in [2.05, 4.69) is 31.3 Å². The van der Waals surface area contributed by atoms with Gasteiger partial charge in [-0.2, -0.15) is 0 Å². The fraction of sp³-hybridized carbons (Fsp3) is 0.667. The lowest BCUT2D eigenvalue weighted by atomic mass is 9.97. The minimum absolute atomic E-state index is 0.531. The van der Waals surface area contributed by atoms with E-state index in [0.29, 0.717) is 6.04 Å². The normalized spacial score (nSPS) is 14.8. The molecule has 0 radical (unpaired) electrons. The first kappa shape index (κ1) is 16.6. The highest BCUT2D eigenvalue weighted by Crippen LogP contribution is 2.33. The molecule has 0 saturated heterocycles.